The Hall–Kier alpha value is -2.68. The molecule has 1 rings (SSSR count). The van der Waals surface area contributed by atoms with Gasteiger partial charge < -0.3 is 18.9 Å². The molecule has 0 unspecified atom stereocenters. The van der Waals surface area contributed by atoms with E-state index in [4.69, 9.17) is 9.47 Å². The Morgan fingerprint density at radius 1 is 0.750 bits per heavy atom. The number of hydrogen-bond donors (Lipinski definition) is 0. The molecule has 0 aromatic heterocycles. The first-order valence-electron chi connectivity index (χ1n) is 8.91. The van der Waals surface area contributed by atoms with Gasteiger partial charge in [0, 0.05) is 24.3 Å². The van der Waals surface area contributed by atoms with Crippen LogP contribution >= 0.6 is 0 Å². The summed E-state index contributed by atoms with van der Waals surface area (Å²) in [6, 6.07) is 0. The monoisotopic (exact) mass is 397 g/mol. The molecular formula is C19H27NO8. The molecular weight excluding hydrogens is 370 g/mol. The molecule has 0 aromatic rings. The smallest absolute Gasteiger partial charge is 0.331 e. The number of rotatable bonds is 9. The maximum absolute atomic E-state index is 11.8. The van der Waals surface area contributed by atoms with Gasteiger partial charge in [-0.1, -0.05) is 6.42 Å². The number of nitrogens with zero attached hydrogens (tertiary/aromatic N) is 1. The Kier molecular flexibility index (Phi) is 9.94. The summed E-state index contributed by atoms with van der Waals surface area (Å²) in [5.74, 6) is -2.74. The minimum absolute atomic E-state index is 0.0364. The Morgan fingerprint density at radius 2 is 1.14 bits per heavy atom. The molecule has 0 bridgehead atoms. The summed E-state index contributed by atoms with van der Waals surface area (Å²) in [6.45, 7) is 3.31. The molecule has 0 amide bonds. The zero-order chi connectivity index (χ0) is 21.0. The molecule has 1 aliphatic heterocycles. The van der Waals surface area contributed by atoms with Crippen LogP contribution in [0, 0.1) is 0 Å². The van der Waals surface area contributed by atoms with E-state index in [1.165, 1.54) is 14.2 Å². The number of carbonyl (C=O) groups excluding carboxylic acids is 4. The first-order chi connectivity index (χ1) is 13.3. The van der Waals surface area contributed by atoms with Crippen LogP contribution in [0.3, 0.4) is 0 Å². The van der Waals surface area contributed by atoms with E-state index in [1.54, 1.807) is 0 Å². The lowest BCUT2D eigenvalue weighted by molar-refractivity contribution is -0.150. The number of esters is 4. The van der Waals surface area contributed by atoms with Gasteiger partial charge in [-0.05, 0) is 32.9 Å². The summed E-state index contributed by atoms with van der Waals surface area (Å²) in [6.07, 6.45) is 6.98. The Morgan fingerprint density at radius 3 is 1.54 bits per heavy atom. The second kappa shape index (κ2) is 11.9. The SMILES string of the molecule is COC(=O)/C=C/C(=O)OCC(C)(COC(=O)/C=C/C(=O)OC)N1CCCCC1. The molecule has 9 nitrogen and oxygen atoms in total. The second-order valence-corrected chi connectivity index (χ2v) is 6.47. The number of likely N-dealkylation sites (tertiary alicyclic amines) is 1. The van der Waals surface area contributed by atoms with Crippen molar-refractivity contribution in [2.45, 2.75) is 31.7 Å². The highest BCUT2D eigenvalue weighted by atomic mass is 16.6. The fraction of sp³-hybridized carbons (Fsp3) is 0.579. The van der Waals surface area contributed by atoms with Crippen molar-refractivity contribution in [3.63, 3.8) is 0 Å². The summed E-state index contributed by atoms with van der Waals surface area (Å²) >= 11 is 0. The van der Waals surface area contributed by atoms with Gasteiger partial charge in [0.1, 0.15) is 13.2 Å². The van der Waals surface area contributed by atoms with Gasteiger partial charge in [-0.25, -0.2) is 19.2 Å². The zero-order valence-electron chi connectivity index (χ0n) is 16.5. The molecule has 0 atom stereocenters. The maximum Gasteiger partial charge on any atom is 0.331 e. The van der Waals surface area contributed by atoms with E-state index >= 15 is 0 Å². The summed E-state index contributed by atoms with van der Waals surface area (Å²) in [5, 5.41) is 0. The molecule has 1 heterocycles. The number of ether oxygens (including phenoxy) is 4. The number of piperidine rings is 1. The molecule has 0 N–H and O–H groups in total. The van der Waals surface area contributed by atoms with Gasteiger partial charge in [0.2, 0.25) is 0 Å². The van der Waals surface area contributed by atoms with E-state index < -0.39 is 29.4 Å². The predicted octanol–water partition coefficient (Wildman–Crippen LogP) is 0.776. The van der Waals surface area contributed by atoms with Gasteiger partial charge in [-0.3, -0.25) is 4.90 Å². The van der Waals surface area contributed by atoms with E-state index in [0.717, 1.165) is 56.7 Å². The summed E-state index contributed by atoms with van der Waals surface area (Å²) in [5.41, 5.74) is -0.746. The normalized spacial score (nSPS) is 15.4. The van der Waals surface area contributed by atoms with E-state index in [2.05, 4.69) is 14.4 Å². The molecule has 0 saturated carbocycles. The van der Waals surface area contributed by atoms with Crippen molar-refractivity contribution < 1.29 is 38.1 Å². The van der Waals surface area contributed by atoms with E-state index in [9.17, 15) is 19.2 Å². The van der Waals surface area contributed by atoms with Gasteiger partial charge in [0.05, 0.1) is 19.8 Å². The Bertz CT molecular complexity index is 577. The van der Waals surface area contributed by atoms with Crippen molar-refractivity contribution in [1.82, 2.24) is 4.90 Å². The standard InChI is InChI=1S/C19H27NO8/c1-19(20-11-5-4-6-12-20,13-27-17(23)9-7-15(21)25-2)14-28-18(24)10-8-16(22)26-3/h7-10H,4-6,11-14H2,1-3H3/b9-7+,10-8+. The minimum atomic E-state index is -0.746. The van der Waals surface area contributed by atoms with Crippen molar-refractivity contribution in [2.75, 3.05) is 40.5 Å². The van der Waals surface area contributed by atoms with Gasteiger partial charge in [0.25, 0.3) is 0 Å². The van der Waals surface area contributed by atoms with Gasteiger partial charge in [-0.2, -0.15) is 0 Å². The van der Waals surface area contributed by atoms with Crippen LogP contribution in [0.2, 0.25) is 0 Å². The van der Waals surface area contributed by atoms with Crippen LogP contribution in [0.4, 0.5) is 0 Å². The lowest BCUT2D eigenvalue weighted by Gasteiger charge is -2.42. The highest BCUT2D eigenvalue weighted by Crippen LogP contribution is 2.22. The van der Waals surface area contributed by atoms with E-state index in [-0.39, 0.29) is 13.2 Å². The maximum atomic E-state index is 11.8. The first kappa shape index (κ1) is 23.4. The van der Waals surface area contributed by atoms with Crippen molar-refractivity contribution in [1.29, 1.82) is 0 Å². The van der Waals surface area contributed by atoms with Crippen molar-refractivity contribution in [3.05, 3.63) is 24.3 Å². The summed E-state index contributed by atoms with van der Waals surface area (Å²) in [4.78, 5) is 47.9. The fourth-order valence-corrected chi connectivity index (χ4v) is 2.62. The molecule has 0 radical (unpaired) electrons. The number of carbonyl (C=O) groups is 4. The first-order valence-corrected chi connectivity index (χ1v) is 8.91. The van der Waals surface area contributed by atoms with Gasteiger partial charge in [0.15, 0.2) is 0 Å². The zero-order valence-corrected chi connectivity index (χ0v) is 16.5. The lowest BCUT2D eigenvalue weighted by atomic mass is 9.98. The fourth-order valence-electron chi connectivity index (χ4n) is 2.62. The highest BCUT2D eigenvalue weighted by Gasteiger charge is 2.35. The third-order valence-corrected chi connectivity index (χ3v) is 4.28. The molecule has 1 aliphatic rings. The quantitative estimate of drug-likeness (QED) is 0.317. The average molecular weight is 397 g/mol. The van der Waals surface area contributed by atoms with Crippen molar-refractivity contribution >= 4 is 23.9 Å². The molecule has 1 saturated heterocycles. The number of hydrogen-bond acceptors (Lipinski definition) is 9. The lowest BCUT2D eigenvalue weighted by Crippen LogP contribution is -2.55. The van der Waals surface area contributed by atoms with Crippen molar-refractivity contribution in [2.24, 2.45) is 0 Å². The average Bonchev–Trinajstić information content (AvgIpc) is 2.73. The summed E-state index contributed by atoms with van der Waals surface area (Å²) < 4.78 is 19.3. The van der Waals surface area contributed by atoms with Gasteiger partial charge >= 0.3 is 23.9 Å². The highest BCUT2D eigenvalue weighted by molar-refractivity contribution is 5.92. The Balaban J connectivity index is 2.71. The molecule has 1 fully saturated rings. The van der Waals surface area contributed by atoms with Crippen LogP contribution in [0.1, 0.15) is 26.2 Å². The predicted molar refractivity (Wildman–Crippen MR) is 98.1 cm³/mol. The molecule has 0 aromatic carbocycles. The van der Waals surface area contributed by atoms with E-state index in [0.29, 0.717) is 0 Å². The molecule has 156 valence electrons. The van der Waals surface area contributed by atoms with Crippen LogP contribution in [0.15, 0.2) is 24.3 Å². The largest absolute Gasteiger partial charge is 0.466 e. The van der Waals surface area contributed by atoms with Crippen LogP contribution in [0.5, 0.6) is 0 Å². The minimum Gasteiger partial charge on any atom is -0.466 e. The summed E-state index contributed by atoms with van der Waals surface area (Å²) in [7, 11) is 2.41. The third-order valence-electron chi connectivity index (χ3n) is 4.28. The molecule has 0 aliphatic carbocycles. The van der Waals surface area contributed by atoms with Crippen molar-refractivity contribution in [3.8, 4) is 0 Å². The van der Waals surface area contributed by atoms with Crippen LogP contribution in [0.25, 0.3) is 0 Å². The Labute approximate surface area is 164 Å². The topological polar surface area (TPSA) is 108 Å². The van der Waals surface area contributed by atoms with Crippen LogP contribution < -0.4 is 0 Å². The van der Waals surface area contributed by atoms with E-state index in [1.807, 2.05) is 6.92 Å². The third kappa shape index (κ3) is 8.34. The van der Waals surface area contributed by atoms with Gasteiger partial charge in [-0.15, -0.1) is 0 Å². The molecule has 9 heteroatoms. The second-order valence-electron chi connectivity index (χ2n) is 6.47. The number of methoxy groups -OCH3 is 2. The molecule has 28 heavy (non-hydrogen) atoms. The van der Waals surface area contributed by atoms with Crippen LogP contribution in [-0.4, -0.2) is 74.8 Å². The van der Waals surface area contributed by atoms with Crippen LogP contribution in [-0.2, 0) is 38.1 Å². The molecule has 0 spiro atoms.